The molecule has 46 heavy (non-hydrogen) atoms. The Kier molecular flexibility index (Phi) is 6.21. The van der Waals surface area contributed by atoms with Gasteiger partial charge in [0.1, 0.15) is 0 Å². The average molecular weight is 585 g/mol. The first-order valence-corrected chi connectivity index (χ1v) is 16.2. The van der Waals surface area contributed by atoms with Gasteiger partial charge < -0.3 is 0 Å². The molecule has 0 saturated heterocycles. The first kappa shape index (κ1) is 26.7. The Balaban J connectivity index is 1.44. The fourth-order valence-corrected chi connectivity index (χ4v) is 7.62. The van der Waals surface area contributed by atoms with Crippen molar-refractivity contribution in [2.75, 3.05) is 0 Å². The van der Waals surface area contributed by atoms with Gasteiger partial charge in [0.2, 0.25) is 0 Å². The summed E-state index contributed by atoms with van der Waals surface area (Å²) in [4.78, 5) is 0. The van der Waals surface area contributed by atoms with E-state index in [0.717, 1.165) is 6.42 Å². The molecule has 0 heteroatoms. The van der Waals surface area contributed by atoms with Gasteiger partial charge in [0, 0.05) is 0 Å². The Bertz CT molecular complexity index is 2610. The van der Waals surface area contributed by atoms with E-state index in [9.17, 15) is 0 Å². The lowest BCUT2D eigenvalue weighted by atomic mass is 9.81. The highest BCUT2D eigenvalue weighted by Crippen LogP contribution is 2.46. The second kappa shape index (κ2) is 10.7. The van der Waals surface area contributed by atoms with E-state index in [0.29, 0.717) is 0 Å². The van der Waals surface area contributed by atoms with E-state index in [4.69, 9.17) is 0 Å². The maximum absolute atomic E-state index is 2.47. The van der Waals surface area contributed by atoms with Crippen LogP contribution in [-0.4, -0.2) is 0 Å². The first-order valence-electron chi connectivity index (χ1n) is 16.2. The third kappa shape index (κ3) is 4.15. The zero-order valence-corrected chi connectivity index (χ0v) is 25.8. The Labute approximate surface area is 269 Å². The van der Waals surface area contributed by atoms with Gasteiger partial charge in [-0.25, -0.2) is 0 Å². The molecule has 0 saturated carbocycles. The molecule has 8 aromatic rings. The molecule has 8 aromatic carbocycles. The van der Waals surface area contributed by atoms with Gasteiger partial charge in [0.05, 0.1) is 0 Å². The van der Waals surface area contributed by atoms with Crippen LogP contribution in [0.4, 0.5) is 0 Å². The van der Waals surface area contributed by atoms with Crippen LogP contribution in [0, 0.1) is 0 Å². The largest absolute Gasteiger partial charge is 0.0801 e. The number of allylic oxidation sites excluding steroid dienone is 5. The van der Waals surface area contributed by atoms with Crippen LogP contribution in [0.1, 0.15) is 24.5 Å². The van der Waals surface area contributed by atoms with Gasteiger partial charge in [-0.1, -0.05) is 140 Å². The number of hydrogen-bond donors (Lipinski definition) is 0. The Morgan fingerprint density at radius 3 is 1.78 bits per heavy atom. The van der Waals surface area contributed by atoms with Crippen LogP contribution in [0.5, 0.6) is 0 Å². The lowest BCUT2D eigenvalue weighted by Crippen LogP contribution is -1.98. The highest BCUT2D eigenvalue weighted by Gasteiger charge is 2.20. The van der Waals surface area contributed by atoms with Crippen LogP contribution < -0.4 is 0 Å². The minimum Gasteiger partial charge on any atom is -0.0801 e. The van der Waals surface area contributed by atoms with E-state index in [1.807, 2.05) is 0 Å². The quantitative estimate of drug-likeness (QED) is 0.177. The third-order valence-corrected chi connectivity index (χ3v) is 9.78. The molecular weight excluding hydrogens is 553 g/mol. The SMILES string of the molecule is C/C=C1\C=C/C/C=C\c2c1c(-c1ccc3ccccc3c1)cc1c2cc(-c2cc3ccccc3c3ccccc23)c2ccccc21. The van der Waals surface area contributed by atoms with Crippen LogP contribution in [0.15, 0.2) is 158 Å². The fourth-order valence-electron chi connectivity index (χ4n) is 7.62. The number of hydrogen-bond acceptors (Lipinski definition) is 0. The highest BCUT2D eigenvalue weighted by molar-refractivity contribution is 6.22. The van der Waals surface area contributed by atoms with E-state index in [-0.39, 0.29) is 0 Å². The van der Waals surface area contributed by atoms with Crippen molar-refractivity contribution in [1.29, 1.82) is 0 Å². The number of fused-ring (bicyclic) bond motifs is 9. The zero-order chi connectivity index (χ0) is 30.6. The Morgan fingerprint density at radius 2 is 1.02 bits per heavy atom. The molecule has 0 bridgehead atoms. The number of benzene rings is 8. The molecule has 0 fully saturated rings. The molecule has 1 aliphatic carbocycles. The third-order valence-electron chi connectivity index (χ3n) is 9.78. The molecule has 0 nitrogen and oxygen atoms in total. The summed E-state index contributed by atoms with van der Waals surface area (Å²) in [5, 5.41) is 12.8. The lowest BCUT2D eigenvalue weighted by molar-refractivity contribution is 1.39. The van der Waals surface area contributed by atoms with Gasteiger partial charge in [0.25, 0.3) is 0 Å². The minimum atomic E-state index is 0.911. The van der Waals surface area contributed by atoms with Crippen molar-refractivity contribution < 1.29 is 0 Å². The summed E-state index contributed by atoms with van der Waals surface area (Å²) in [6, 6.07) is 49.5. The van der Waals surface area contributed by atoms with Crippen molar-refractivity contribution in [2.45, 2.75) is 13.3 Å². The van der Waals surface area contributed by atoms with Crippen molar-refractivity contribution in [3.63, 3.8) is 0 Å². The Hall–Kier alpha value is -5.72. The zero-order valence-electron chi connectivity index (χ0n) is 25.8. The summed E-state index contributed by atoms with van der Waals surface area (Å²) in [5.74, 6) is 0. The van der Waals surface area contributed by atoms with Crippen molar-refractivity contribution in [3.8, 4) is 22.3 Å². The molecule has 0 atom stereocenters. The van der Waals surface area contributed by atoms with Gasteiger partial charge in [0.15, 0.2) is 0 Å². The van der Waals surface area contributed by atoms with Gasteiger partial charge in [-0.3, -0.25) is 0 Å². The molecule has 0 radical (unpaired) electrons. The second-order valence-corrected chi connectivity index (χ2v) is 12.3. The van der Waals surface area contributed by atoms with Crippen molar-refractivity contribution in [2.24, 2.45) is 0 Å². The molecule has 0 aliphatic heterocycles. The molecule has 9 rings (SSSR count). The highest BCUT2D eigenvalue weighted by atomic mass is 14.2. The maximum Gasteiger partial charge on any atom is -0.00299 e. The van der Waals surface area contributed by atoms with Gasteiger partial charge >= 0.3 is 0 Å². The van der Waals surface area contributed by atoms with E-state index in [1.54, 1.807) is 0 Å². The van der Waals surface area contributed by atoms with Crippen molar-refractivity contribution in [1.82, 2.24) is 0 Å². The van der Waals surface area contributed by atoms with Gasteiger partial charge in [-0.15, -0.1) is 0 Å². The summed E-state index contributed by atoms with van der Waals surface area (Å²) >= 11 is 0. The molecule has 0 spiro atoms. The van der Waals surface area contributed by atoms with Gasteiger partial charge in [-0.05, 0) is 130 Å². The molecule has 216 valence electrons. The topological polar surface area (TPSA) is 0 Å². The van der Waals surface area contributed by atoms with E-state index >= 15 is 0 Å². The number of rotatable bonds is 2. The Morgan fingerprint density at radius 1 is 0.435 bits per heavy atom. The summed E-state index contributed by atoms with van der Waals surface area (Å²) in [5.41, 5.74) is 8.91. The second-order valence-electron chi connectivity index (χ2n) is 12.3. The monoisotopic (exact) mass is 584 g/mol. The molecule has 0 aromatic heterocycles. The normalized spacial score (nSPS) is 15.4. The molecule has 0 N–H and O–H groups in total. The average Bonchev–Trinajstić information content (AvgIpc) is 3.11. The van der Waals surface area contributed by atoms with E-state index in [1.165, 1.54) is 92.8 Å². The standard InChI is InChI=1S/C46H32/c1-2-30-14-4-3-5-23-40-45-29-44(42-27-33-17-8-9-18-35(33)36-19-10-11-20-37(36)42)39-22-13-12-21-38(39)43(45)28-41(46(30)40)34-25-24-31-15-6-7-16-32(31)26-34/h2,4-29H,3H2,1H3/b14-4-,23-5-,30-2+. The summed E-state index contributed by atoms with van der Waals surface area (Å²) in [6.07, 6.45) is 12.4. The lowest BCUT2D eigenvalue weighted by Gasteiger charge is -2.22. The van der Waals surface area contributed by atoms with E-state index in [2.05, 4.69) is 171 Å². The summed E-state index contributed by atoms with van der Waals surface area (Å²) in [6.45, 7) is 2.16. The fraction of sp³-hybridized carbons (Fsp3) is 0.0435. The minimum absolute atomic E-state index is 0.911. The van der Waals surface area contributed by atoms with E-state index < -0.39 is 0 Å². The van der Waals surface area contributed by atoms with Crippen LogP contribution in [0.25, 0.3) is 87.8 Å². The predicted octanol–water partition coefficient (Wildman–Crippen LogP) is 13.2. The first-order chi connectivity index (χ1) is 22.8. The molecule has 1 aliphatic rings. The molecule has 0 heterocycles. The maximum atomic E-state index is 2.47. The smallest absolute Gasteiger partial charge is 0.00299 e. The molecule has 0 unspecified atom stereocenters. The van der Waals surface area contributed by atoms with Crippen molar-refractivity contribution >= 4 is 65.5 Å². The summed E-state index contributed by atoms with van der Waals surface area (Å²) < 4.78 is 0. The molecular formula is C46H32. The van der Waals surface area contributed by atoms with Gasteiger partial charge in [-0.2, -0.15) is 0 Å². The molecule has 0 amide bonds. The van der Waals surface area contributed by atoms with Crippen LogP contribution in [-0.2, 0) is 0 Å². The van der Waals surface area contributed by atoms with Crippen molar-refractivity contribution in [3.05, 3.63) is 169 Å². The predicted molar refractivity (Wildman–Crippen MR) is 201 cm³/mol. The summed E-state index contributed by atoms with van der Waals surface area (Å²) in [7, 11) is 0. The van der Waals surface area contributed by atoms with Crippen LogP contribution in [0.2, 0.25) is 0 Å². The van der Waals surface area contributed by atoms with Crippen LogP contribution >= 0.6 is 0 Å². The van der Waals surface area contributed by atoms with Crippen LogP contribution in [0.3, 0.4) is 0 Å².